The van der Waals surface area contributed by atoms with E-state index in [1.165, 1.54) is 0 Å². The lowest BCUT2D eigenvalue weighted by atomic mass is 9.89. The number of imide groups is 1. The van der Waals surface area contributed by atoms with Crippen molar-refractivity contribution in [1.29, 1.82) is 0 Å². The van der Waals surface area contributed by atoms with E-state index in [9.17, 15) is 9.59 Å². The van der Waals surface area contributed by atoms with Gasteiger partial charge in [-0.15, -0.1) is 0 Å². The number of nitrogens with one attached hydrogen (secondary N) is 1. The number of carbonyl (C=O) groups excluding carboxylic acids is 2. The molecule has 2 saturated heterocycles. The van der Waals surface area contributed by atoms with Crippen LogP contribution in [0.2, 0.25) is 0 Å². The van der Waals surface area contributed by atoms with Crippen molar-refractivity contribution in [3.05, 3.63) is 0 Å². The summed E-state index contributed by atoms with van der Waals surface area (Å²) < 4.78 is 0. The van der Waals surface area contributed by atoms with E-state index in [-0.39, 0.29) is 29.7 Å². The van der Waals surface area contributed by atoms with E-state index in [4.69, 9.17) is 0 Å². The lowest BCUT2D eigenvalue weighted by Crippen LogP contribution is -2.38. The number of carbonyl (C=O) groups is 2. The van der Waals surface area contributed by atoms with Crippen LogP contribution in [-0.4, -0.2) is 35.8 Å². The molecule has 1 saturated carbocycles. The van der Waals surface area contributed by atoms with Gasteiger partial charge in [-0.25, -0.2) is 0 Å². The highest BCUT2D eigenvalue weighted by atomic mass is 16.2. The number of likely N-dealkylation sites (tertiary alicyclic amines) is 1. The highest BCUT2D eigenvalue weighted by Crippen LogP contribution is 2.38. The Hall–Kier alpha value is -0.900. The fourth-order valence-electron chi connectivity index (χ4n) is 2.57. The second-order valence-electron chi connectivity index (χ2n) is 4.48. The standard InChI is InChI=1S/C10H14N2O2/c13-9-7-3-4-11-5-8(7)10(14)12(9)6-1-2-6/h6-8,11H,1-5H2. The van der Waals surface area contributed by atoms with E-state index in [0.717, 1.165) is 25.8 Å². The predicted octanol–water partition coefficient (Wildman–Crippen LogP) is -0.257. The topological polar surface area (TPSA) is 49.4 Å². The van der Waals surface area contributed by atoms with Crippen LogP contribution in [0.5, 0.6) is 0 Å². The minimum Gasteiger partial charge on any atom is -0.316 e. The van der Waals surface area contributed by atoms with Gasteiger partial charge in [0.15, 0.2) is 0 Å². The van der Waals surface area contributed by atoms with Gasteiger partial charge in [0.25, 0.3) is 0 Å². The van der Waals surface area contributed by atoms with Crippen LogP contribution in [0, 0.1) is 11.8 Å². The summed E-state index contributed by atoms with van der Waals surface area (Å²) in [5.41, 5.74) is 0. The summed E-state index contributed by atoms with van der Waals surface area (Å²) >= 11 is 0. The SMILES string of the molecule is O=C1C2CCNCC2C(=O)N1C1CC1. The van der Waals surface area contributed by atoms with E-state index in [2.05, 4.69) is 5.32 Å². The molecule has 1 N–H and O–H groups in total. The Morgan fingerprint density at radius 2 is 1.79 bits per heavy atom. The molecular weight excluding hydrogens is 180 g/mol. The van der Waals surface area contributed by atoms with Gasteiger partial charge in [0.05, 0.1) is 11.8 Å². The van der Waals surface area contributed by atoms with Crippen LogP contribution in [0.25, 0.3) is 0 Å². The highest BCUT2D eigenvalue weighted by molar-refractivity contribution is 6.05. The molecule has 0 bridgehead atoms. The van der Waals surface area contributed by atoms with Gasteiger partial charge < -0.3 is 5.32 Å². The number of nitrogens with zero attached hydrogens (tertiary/aromatic N) is 1. The third-order valence-corrected chi connectivity index (χ3v) is 3.50. The van der Waals surface area contributed by atoms with Crippen LogP contribution in [0.15, 0.2) is 0 Å². The van der Waals surface area contributed by atoms with Gasteiger partial charge in [-0.2, -0.15) is 0 Å². The van der Waals surface area contributed by atoms with Gasteiger partial charge >= 0.3 is 0 Å². The molecule has 4 nitrogen and oxygen atoms in total. The minimum absolute atomic E-state index is 0.00986. The Balaban J connectivity index is 1.88. The molecule has 3 fully saturated rings. The van der Waals surface area contributed by atoms with E-state index >= 15 is 0 Å². The van der Waals surface area contributed by atoms with Crippen LogP contribution < -0.4 is 5.32 Å². The van der Waals surface area contributed by atoms with Crippen molar-refractivity contribution >= 4 is 11.8 Å². The van der Waals surface area contributed by atoms with E-state index in [0.29, 0.717) is 6.54 Å². The fourth-order valence-corrected chi connectivity index (χ4v) is 2.57. The third kappa shape index (κ3) is 1.03. The summed E-state index contributed by atoms with van der Waals surface area (Å²) in [4.78, 5) is 25.3. The predicted molar refractivity (Wildman–Crippen MR) is 49.3 cm³/mol. The maximum absolute atomic E-state index is 11.9. The van der Waals surface area contributed by atoms with E-state index in [1.54, 1.807) is 4.90 Å². The van der Waals surface area contributed by atoms with Crippen molar-refractivity contribution in [1.82, 2.24) is 10.2 Å². The fraction of sp³-hybridized carbons (Fsp3) is 0.800. The molecule has 0 aromatic carbocycles. The summed E-state index contributed by atoms with van der Waals surface area (Å²) in [7, 11) is 0. The normalized spacial score (nSPS) is 37.6. The van der Waals surface area contributed by atoms with Crippen LogP contribution in [-0.2, 0) is 9.59 Å². The molecule has 3 rings (SSSR count). The Morgan fingerprint density at radius 3 is 2.43 bits per heavy atom. The maximum Gasteiger partial charge on any atom is 0.234 e. The number of hydrogen-bond acceptors (Lipinski definition) is 3. The Morgan fingerprint density at radius 1 is 1.07 bits per heavy atom. The Kier molecular flexibility index (Phi) is 1.68. The first-order valence-corrected chi connectivity index (χ1v) is 5.36. The summed E-state index contributed by atoms with van der Waals surface area (Å²) in [5.74, 6) is 0.111. The van der Waals surface area contributed by atoms with Gasteiger partial charge in [-0.3, -0.25) is 14.5 Å². The molecule has 0 aromatic heterocycles. The number of amides is 2. The molecule has 1 aliphatic carbocycles. The Labute approximate surface area is 82.6 Å². The lowest BCUT2D eigenvalue weighted by molar-refractivity contribution is -0.140. The molecule has 2 amide bonds. The van der Waals surface area contributed by atoms with Gasteiger partial charge in [-0.1, -0.05) is 0 Å². The summed E-state index contributed by atoms with van der Waals surface area (Å²) in [6.45, 7) is 1.57. The van der Waals surface area contributed by atoms with Crippen LogP contribution in [0.1, 0.15) is 19.3 Å². The molecular formula is C10H14N2O2. The first kappa shape index (κ1) is 8.41. The molecule has 4 heteroatoms. The second-order valence-corrected chi connectivity index (χ2v) is 4.48. The van der Waals surface area contributed by atoms with E-state index in [1.807, 2.05) is 0 Å². The van der Waals surface area contributed by atoms with Crippen molar-refractivity contribution in [2.24, 2.45) is 11.8 Å². The Bertz CT molecular complexity index is 274. The zero-order valence-corrected chi connectivity index (χ0v) is 8.03. The lowest BCUT2D eigenvalue weighted by Gasteiger charge is -2.21. The third-order valence-electron chi connectivity index (χ3n) is 3.50. The van der Waals surface area contributed by atoms with Crippen LogP contribution >= 0.6 is 0 Å². The molecule has 76 valence electrons. The largest absolute Gasteiger partial charge is 0.316 e. The molecule has 14 heavy (non-hydrogen) atoms. The zero-order chi connectivity index (χ0) is 9.71. The van der Waals surface area contributed by atoms with E-state index < -0.39 is 0 Å². The van der Waals surface area contributed by atoms with Crippen molar-refractivity contribution in [2.75, 3.05) is 13.1 Å². The number of rotatable bonds is 1. The molecule has 0 aromatic rings. The second kappa shape index (κ2) is 2.79. The maximum atomic E-state index is 11.9. The van der Waals surface area contributed by atoms with Crippen molar-refractivity contribution in [2.45, 2.75) is 25.3 Å². The molecule has 0 radical (unpaired) electrons. The number of hydrogen-bond donors (Lipinski definition) is 1. The van der Waals surface area contributed by atoms with Gasteiger partial charge in [0, 0.05) is 12.6 Å². The van der Waals surface area contributed by atoms with Crippen LogP contribution in [0.4, 0.5) is 0 Å². The molecule has 2 aliphatic heterocycles. The van der Waals surface area contributed by atoms with Gasteiger partial charge in [0.1, 0.15) is 0 Å². The summed E-state index contributed by atoms with van der Waals surface area (Å²) in [6, 6.07) is 0.251. The molecule has 2 atom stereocenters. The quantitative estimate of drug-likeness (QED) is 0.585. The number of fused-ring (bicyclic) bond motifs is 1. The van der Waals surface area contributed by atoms with Crippen molar-refractivity contribution in [3.8, 4) is 0 Å². The summed E-state index contributed by atoms with van der Waals surface area (Å²) in [5, 5.41) is 3.19. The monoisotopic (exact) mass is 194 g/mol. The smallest absolute Gasteiger partial charge is 0.234 e. The molecule has 2 heterocycles. The average Bonchev–Trinajstić information content (AvgIpc) is 2.99. The van der Waals surface area contributed by atoms with Gasteiger partial charge in [-0.05, 0) is 25.8 Å². The van der Waals surface area contributed by atoms with Crippen molar-refractivity contribution in [3.63, 3.8) is 0 Å². The summed E-state index contributed by atoms with van der Waals surface area (Å²) in [6.07, 6.45) is 2.87. The first-order chi connectivity index (χ1) is 6.79. The zero-order valence-electron chi connectivity index (χ0n) is 8.03. The van der Waals surface area contributed by atoms with Crippen molar-refractivity contribution < 1.29 is 9.59 Å². The highest BCUT2D eigenvalue weighted by Gasteiger charge is 2.52. The number of piperidine rings is 1. The van der Waals surface area contributed by atoms with Crippen LogP contribution in [0.3, 0.4) is 0 Å². The molecule has 2 unspecified atom stereocenters. The minimum atomic E-state index is -0.0585. The average molecular weight is 194 g/mol. The first-order valence-electron chi connectivity index (χ1n) is 5.36. The molecule has 3 aliphatic rings. The van der Waals surface area contributed by atoms with Gasteiger partial charge in [0.2, 0.25) is 11.8 Å². The molecule has 0 spiro atoms.